The van der Waals surface area contributed by atoms with E-state index < -0.39 is 10.8 Å². The van der Waals surface area contributed by atoms with Crippen LogP contribution in [0.4, 0.5) is 17.1 Å². The molecule has 5 rings (SSSR count). The molecule has 0 unspecified atom stereocenters. The van der Waals surface area contributed by atoms with Crippen molar-refractivity contribution in [2.45, 2.75) is 0 Å². The number of piperazine rings is 1. The number of carbonyl (C=O) groups excluding carboxylic acids is 2. The van der Waals surface area contributed by atoms with Crippen LogP contribution in [0.1, 0.15) is 21.1 Å². The summed E-state index contributed by atoms with van der Waals surface area (Å²) in [6.45, 7) is 2.56. The van der Waals surface area contributed by atoms with E-state index in [1.807, 2.05) is 24.3 Å². The van der Waals surface area contributed by atoms with Crippen LogP contribution in [0.3, 0.4) is 0 Å². The van der Waals surface area contributed by atoms with E-state index in [0.29, 0.717) is 49.0 Å². The van der Waals surface area contributed by atoms with Gasteiger partial charge in [0.1, 0.15) is 5.76 Å². The largest absolute Gasteiger partial charge is 0.459 e. The Balaban J connectivity index is 1.12. The maximum atomic E-state index is 12.6. The lowest BCUT2D eigenvalue weighted by Gasteiger charge is -2.35. The van der Waals surface area contributed by atoms with Crippen LogP contribution in [0.5, 0.6) is 0 Å². The number of furan rings is 2. The molecule has 0 radical (unpaired) electrons. The number of nitrogens with zero attached hydrogens (tertiary/aromatic N) is 3. The summed E-state index contributed by atoms with van der Waals surface area (Å²) in [6, 6.07) is 19.9. The van der Waals surface area contributed by atoms with Crippen molar-refractivity contribution < 1.29 is 23.3 Å². The van der Waals surface area contributed by atoms with Gasteiger partial charge in [-0.3, -0.25) is 25.0 Å². The molecule has 11 nitrogen and oxygen atoms in total. The second-order valence-corrected chi connectivity index (χ2v) is 9.09. The first kappa shape index (κ1) is 25.7. The van der Waals surface area contributed by atoms with Crippen LogP contribution in [0.15, 0.2) is 87.9 Å². The van der Waals surface area contributed by atoms with Gasteiger partial charge in [-0.25, -0.2) is 0 Å². The van der Waals surface area contributed by atoms with Crippen molar-refractivity contribution in [3.8, 4) is 11.3 Å². The Morgan fingerprint density at radius 1 is 0.923 bits per heavy atom. The fraction of sp³-hybridized carbons (Fsp3) is 0.148. The fourth-order valence-corrected chi connectivity index (χ4v) is 4.40. The van der Waals surface area contributed by atoms with E-state index in [2.05, 4.69) is 15.5 Å². The van der Waals surface area contributed by atoms with E-state index in [-0.39, 0.29) is 22.5 Å². The van der Waals surface area contributed by atoms with Crippen molar-refractivity contribution in [2.75, 3.05) is 36.4 Å². The van der Waals surface area contributed by atoms with Crippen molar-refractivity contribution in [1.29, 1.82) is 0 Å². The molecule has 0 aliphatic carbocycles. The number of benzene rings is 2. The average molecular weight is 546 g/mol. The van der Waals surface area contributed by atoms with Gasteiger partial charge >= 0.3 is 0 Å². The van der Waals surface area contributed by atoms with Crippen molar-refractivity contribution in [3.63, 3.8) is 0 Å². The minimum absolute atomic E-state index is 0.0145. The van der Waals surface area contributed by atoms with Gasteiger partial charge in [0.05, 0.1) is 11.2 Å². The number of carbonyl (C=O) groups is 2. The molecule has 4 aromatic rings. The lowest BCUT2D eigenvalue weighted by Crippen LogP contribution is -2.48. The molecule has 2 N–H and O–H groups in total. The molecule has 198 valence electrons. The first-order valence-corrected chi connectivity index (χ1v) is 12.4. The zero-order valence-electron chi connectivity index (χ0n) is 20.5. The van der Waals surface area contributed by atoms with Crippen molar-refractivity contribution in [1.82, 2.24) is 10.2 Å². The number of anilines is 2. The third kappa shape index (κ3) is 5.96. The van der Waals surface area contributed by atoms with Gasteiger partial charge in [0.15, 0.2) is 16.6 Å². The molecular formula is C27H23N5O6S. The first-order chi connectivity index (χ1) is 18.9. The van der Waals surface area contributed by atoms with Gasteiger partial charge in [-0.2, -0.15) is 0 Å². The molecule has 1 aliphatic rings. The summed E-state index contributed by atoms with van der Waals surface area (Å²) in [5, 5.41) is 16.6. The molecule has 2 aromatic carbocycles. The van der Waals surface area contributed by atoms with Gasteiger partial charge in [0, 0.05) is 55.2 Å². The maximum absolute atomic E-state index is 12.6. The van der Waals surface area contributed by atoms with Gasteiger partial charge < -0.3 is 24.0 Å². The van der Waals surface area contributed by atoms with Crippen LogP contribution in [0.25, 0.3) is 11.3 Å². The zero-order chi connectivity index (χ0) is 27.4. The highest BCUT2D eigenvalue weighted by Crippen LogP contribution is 2.26. The molecule has 1 fully saturated rings. The Morgan fingerprint density at radius 2 is 1.69 bits per heavy atom. The number of hydrogen-bond acceptors (Lipinski definition) is 8. The third-order valence-electron chi connectivity index (χ3n) is 6.19. The quantitative estimate of drug-likeness (QED) is 0.203. The van der Waals surface area contributed by atoms with Gasteiger partial charge in [-0.1, -0.05) is 12.1 Å². The minimum Gasteiger partial charge on any atom is -0.459 e. The second-order valence-electron chi connectivity index (χ2n) is 8.68. The monoisotopic (exact) mass is 545 g/mol. The first-order valence-electron chi connectivity index (χ1n) is 12.0. The fourth-order valence-electron chi connectivity index (χ4n) is 4.19. The number of nitro benzene ring substituents is 1. The predicted molar refractivity (Wildman–Crippen MR) is 148 cm³/mol. The van der Waals surface area contributed by atoms with E-state index in [9.17, 15) is 19.7 Å². The molecule has 1 aliphatic heterocycles. The molecular weight excluding hydrogens is 522 g/mol. The smallest absolute Gasteiger partial charge is 0.293 e. The van der Waals surface area contributed by atoms with Crippen LogP contribution < -0.4 is 15.5 Å². The Kier molecular flexibility index (Phi) is 7.37. The molecule has 0 bridgehead atoms. The molecule has 12 heteroatoms. The third-order valence-corrected chi connectivity index (χ3v) is 6.39. The molecule has 3 heterocycles. The highest BCUT2D eigenvalue weighted by atomic mass is 32.1. The van der Waals surface area contributed by atoms with Gasteiger partial charge in [-0.15, -0.1) is 0 Å². The topological polar surface area (TPSA) is 134 Å². The van der Waals surface area contributed by atoms with Crippen LogP contribution in [0, 0.1) is 10.1 Å². The number of amides is 2. The lowest BCUT2D eigenvalue weighted by molar-refractivity contribution is -0.384. The zero-order valence-corrected chi connectivity index (χ0v) is 21.3. The van der Waals surface area contributed by atoms with E-state index in [0.717, 1.165) is 5.69 Å². The number of thiocarbonyl (C=S) groups is 1. The summed E-state index contributed by atoms with van der Waals surface area (Å²) < 4.78 is 10.8. The van der Waals surface area contributed by atoms with E-state index in [4.69, 9.17) is 21.1 Å². The van der Waals surface area contributed by atoms with Gasteiger partial charge in [0.25, 0.3) is 17.5 Å². The van der Waals surface area contributed by atoms with Crippen molar-refractivity contribution in [2.24, 2.45) is 0 Å². The van der Waals surface area contributed by atoms with Crippen molar-refractivity contribution >= 4 is 46.2 Å². The summed E-state index contributed by atoms with van der Waals surface area (Å²) in [5.41, 5.74) is 2.10. The number of nitrogens with one attached hydrogen (secondary N) is 2. The van der Waals surface area contributed by atoms with E-state index in [1.165, 1.54) is 24.5 Å². The highest BCUT2D eigenvalue weighted by molar-refractivity contribution is 7.80. The number of hydrogen-bond donors (Lipinski definition) is 2. The Labute approximate surface area is 228 Å². The Morgan fingerprint density at radius 3 is 2.38 bits per heavy atom. The molecule has 0 spiro atoms. The molecule has 0 atom stereocenters. The van der Waals surface area contributed by atoms with Crippen LogP contribution >= 0.6 is 12.2 Å². The Bertz CT molecular complexity index is 1510. The predicted octanol–water partition coefficient (Wildman–Crippen LogP) is 4.54. The summed E-state index contributed by atoms with van der Waals surface area (Å²) >= 11 is 5.27. The maximum Gasteiger partial charge on any atom is 0.293 e. The summed E-state index contributed by atoms with van der Waals surface area (Å²) in [6.07, 6.45) is 1.49. The minimum atomic E-state index is -0.553. The number of non-ortho nitro benzene ring substituents is 1. The van der Waals surface area contributed by atoms with Gasteiger partial charge in [0.2, 0.25) is 0 Å². The Hall–Kier alpha value is -4.97. The number of rotatable bonds is 6. The molecule has 39 heavy (non-hydrogen) atoms. The van der Waals surface area contributed by atoms with Crippen molar-refractivity contribution in [3.05, 3.63) is 101 Å². The lowest BCUT2D eigenvalue weighted by atomic mass is 10.1. The molecule has 0 saturated carbocycles. The van der Waals surface area contributed by atoms with Crippen LogP contribution in [0.2, 0.25) is 0 Å². The SMILES string of the molecule is O=C(NC(=S)Nc1ccc(N2CCN(C(=O)c3ccco3)CC2)cc1)c1ccc(-c2cccc([N+](=O)[O-])c2)o1. The molecule has 2 amide bonds. The van der Waals surface area contributed by atoms with Gasteiger partial charge in [-0.05, 0) is 60.7 Å². The average Bonchev–Trinajstić information content (AvgIpc) is 3.67. The normalized spacial score (nSPS) is 13.1. The second kappa shape index (κ2) is 11.2. The summed E-state index contributed by atoms with van der Waals surface area (Å²) in [7, 11) is 0. The summed E-state index contributed by atoms with van der Waals surface area (Å²) in [5.74, 6) is 0.0226. The molecule has 2 aromatic heterocycles. The molecule has 1 saturated heterocycles. The highest BCUT2D eigenvalue weighted by Gasteiger charge is 2.24. The van der Waals surface area contributed by atoms with Crippen LogP contribution in [-0.4, -0.2) is 52.9 Å². The van der Waals surface area contributed by atoms with Crippen LogP contribution in [-0.2, 0) is 0 Å². The summed E-state index contributed by atoms with van der Waals surface area (Å²) in [4.78, 5) is 39.5. The van der Waals surface area contributed by atoms with E-state index in [1.54, 1.807) is 35.2 Å². The van der Waals surface area contributed by atoms with E-state index >= 15 is 0 Å². The number of nitro groups is 1. The standard InChI is InChI=1S/C27H23N5O6S/c33-25(23-11-10-22(38-23)18-3-1-4-21(17-18)32(35)36)29-27(39)28-19-6-8-20(9-7-19)30-12-14-31(15-13-30)26(34)24-5-2-16-37-24/h1-11,16-17H,12-15H2,(H2,28,29,33,39).